The third-order valence-corrected chi connectivity index (χ3v) is 3.51. The Hall–Kier alpha value is -3.02. The Bertz CT molecular complexity index is 903. The van der Waals surface area contributed by atoms with Gasteiger partial charge < -0.3 is 9.63 Å². The molecule has 1 heterocycles. The first-order valence-corrected chi connectivity index (χ1v) is 6.90. The molecule has 116 valence electrons. The zero-order valence-corrected chi connectivity index (χ0v) is 12.5. The molecule has 6 heteroatoms. The molecule has 23 heavy (non-hydrogen) atoms. The summed E-state index contributed by atoms with van der Waals surface area (Å²) in [4.78, 5) is 15.4. The molecule has 3 rings (SSSR count). The van der Waals surface area contributed by atoms with E-state index in [0.717, 1.165) is 5.56 Å². The van der Waals surface area contributed by atoms with E-state index in [-0.39, 0.29) is 22.8 Å². The van der Waals surface area contributed by atoms with Crippen LogP contribution in [0, 0.1) is 19.7 Å². The highest BCUT2D eigenvalue weighted by Gasteiger charge is 2.16. The maximum atomic E-state index is 14.0. The smallest absolute Gasteiger partial charge is 0.335 e. The average molecular weight is 312 g/mol. The van der Waals surface area contributed by atoms with Gasteiger partial charge in [-0.25, -0.2) is 9.18 Å². The highest BCUT2D eigenvalue weighted by Crippen LogP contribution is 2.26. The highest BCUT2D eigenvalue weighted by molar-refractivity contribution is 5.90. The number of hydrogen-bond acceptors (Lipinski definition) is 4. The van der Waals surface area contributed by atoms with Crippen molar-refractivity contribution in [2.75, 3.05) is 0 Å². The summed E-state index contributed by atoms with van der Waals surface area (Å²) in [6.45, 7) is 3.49. The van der Waals surface area contributed by atoms with Crippen LogP contribution in [0.4, 0.5) is 4.39 Å². The van der Waals surface area contributed by atoms with Gasteiger partial charge in [-0.05, 0) is 43.2 Å². The van der Waals surface area contributed by atoms with Gasteiger partial charge >= 0.3 is 5.97 Å². The van der Waals surface area contributed by atoms with Crippen LogP contribution in [0.3, 0.4) is 0 Å². The number of aromatic nitrogens is 2. The van der Waals surface area contributed by atoms with E-state index in [2.05, 4.69) is 10.1 Å². The summed E-state index contributed by atoms with van der Waals surface area (Å²) in [5.41, 5.74) is 2.29. The first-order chi connectivity index (χ1) is 11.0. The Morgan fingerprint density at radius 1 is 1.17 bits per heavy atom. The molecule has 1 aromatic heterocycles. The third-order valence-electron chi connectivity index (χ3n) is 3.51. The number of aryl methyl sites for hydroxylation is 2. The predicted octanol–water partition coefficient (Wildman–Crippen LogP) is 3.86. The highest BCUT2D eigenvalue weighted by atomic mass is 19.1. The first kappa shape index (κ1) is 14.9. The molecule has 0 radical (unpaired) electrons. The molecule has 0 saturated heterocycles. The molecule has 0 amide bonds. The largest absolute Gasteiger partial charge is 0.478 e. The number of carboxylic acid groups (broad SMARTS) is 1. The molecule has 0 spiro atoms. The molecular formula is C17H13FN2O3. The van der Waals surface area contributed by atoms with Gasteiger partial charge in [0, 0.05) is 5.56 Å². The van der Waals surface area contributed by atoms with Crippen molar-refractivity contribution in [1.29, 1.82) is 0 Å². The second-order valence-electron chi connectivity index (χ2n) is 5.24. The van der Waals surface area contributed by atoms with Crippen LogP contribution in [-0.2, 0) is 0 Å². The van der Waals surface area contributed by atoms with E-state index in [0.29, 0.717) is 11.1 Å². The molecular weight excluding hydrogens is 299 g/mol. The van der Waals surface area contributed by atoms with Gasteiger partial charge in [0.15, 0.2) is 0 Å². The molecule has 0 aliphatic heterocycles. The normalized spacial score (nSPS) is 10.7. The maximum absolute atomic E-state index is 14.0. The summed E-state index contributed by atoms with van der Waals surface area (Å²) in [7, 11) is 0. The quantitative estimate of drug-likeness (QED) is 0.794. The molecule has 2 aromatic carbocycles. The van der Waals surface area contributed by atoms with Gasteiger partial charge in [0.05, 0.1) is 11.1 Å². The van der Waals surface area contributed by atoms with Crippen LogP contribution in [0.5, 0.6) is 0 Å². The minimum absolute atomic E-state index is 0.0509. The zero-order valence-electron chi connectivity index (χ0n) is 12.5. The Morgan fingerprint density at radius 2 is 1.96 bits per heavy atom. The van der Waals surface area contributed by atoms with E-state index in [9.17, 15) is 9.18 Å². The van der Waals surface area contributed by atoms with Gasteiger partial charge in [0.1, 0.15) is 5.82 Å². The number of rotatable bonds is 3. The summed E-state index contributed by atoms with van der Waals surface area (Å²) in [6, 6.07) is 9.53. The fraction of sp³-hybridized carbons (Fsp3) is 0.118. The lowest BCUT2D eigenvalue weighted by Crippen LogP contribution is -2.00. The fourth-order valence-electron chi connectivity index (χ4n) is 2.24. The number of hydrogen-bond donors (Lipinski definition) is 1. The molecule has 0 bridgehead atoms. The summed E-state index contributed by atoms with van der Waals surface area (Å²) >= 11 is 0. The number of aromatic carboxylic acids is 1. The minimum Gasteiger partial charge on any atom is -0.478 e. The summed E-state index contributed by atoms with van der Waals surface area (Å²) < 4.78 is 19.1. The molecule has 1 N–H and O–H groups in total. The van der Waals surface area contributed by atoms with E-state index in [1.165, 1.54) is 12.1 Å². The summed E-state index contributed by atoms with van der Waals surface area (Å²) in [6.07, 6.45) is 0. The van der Waals surface area contributed by atoms with Crippen LogP contribution in [0.15, 0.2) is 40.9 Å². The van der Waals surface area contributed by atoms with Crippen molar-refractivity contribution < 1.29 is 18.8 Å². The second-order valence-corrected chi connectivity index (χ2v) is 5.24. The van der Waals surface area contributed by atoms with Gasteiger partial charge in [-0.3, -0.25) is 0 Å². The van der Waals surface area contributed by atoms with Crippen molar-refractivity contribution in [3.63, 3.8) is 0 Å². The molecule has 0 atom stereocenters. The van der Waals surface area contributed by atoms with Crippen molar-refractivity contribution in [3.8, 4) is 22.8 Å². The molecule has 0 aliphatic carbocycles. The maximum Gasteiger partial charge on any atom is 0.335 e. The predicted molar refractivity (Wildman–Crippen MR) is 81.6 cm³/mol. The Balaban J connectivity index is 2.02. The topological polar surface area (TPSA) is 76.2 Å². The fourth-order valence-corrected chi connectivity index (χ4v) is 2.24. The van der Waals surface area contributed by atoms with Gasteiger partial charge in [0.25, 0.3) is 5.89 Å². The molecule has 0 saturated carbocycles. The van der Waals surface area contributed by atoms with Crippen LogP contribution < -0.4 is 0 Å². The van der Waals surface area contributed by atoms with E-state index in [1.807, 2.05) is 0 Å². The summed E-state index contributed by atoms with van der Waals surface area (Å²) in [5.74, 6) is -1.22. The van der Waals surface area contributed by atoms with Crippen molar-refractivity contribution in [2.24, 2.45) is 0 Å². The number of halogens is 1. The number of carbonyl (C=O) groups is 1. The van der Waals surface area contributed by atoms with Gasteiger partial charge in [-0.2, -0.15) is 4.98 Å². The van der Waals surface area contributed by atoms with Crippen molar-refractivity contribution in [2.45, 2.75) is 13.8 Å². The number of nitrogens with zero attached hydrogens (tertiary/aromatic N) is 2. The SMILES string of the molecule is Cc1ccc(-c2nc(-c3ccc(C)c(C(=O)O)c3)no2)c(F)c1. The van der Waals surface area contributed by atoms with Crippen LogP contribution in [0.1, 0.15) is 21.5 Å². The molecule has 0 unspecified atom stereocenters. The monoisotopic (exact) mass is 312 g/mol. The van der Waals surface area contributed by atoms with Gasteiger partial charge in [-0.1, -0.05) is 23.4 Å². The van der Waals surface area contributed by atoms with E-state index in [1.54, 1.807) is 38.1 Å². The van der Waals surface area contributed by atoms with Crippen LogP contribution in [-0.4, -0.2) is 21.2 Å². The Labute approximate surface area is 131 Å². The summed E-state index contributed by atoms with van der Waals surface area (Å²) in [5, 5.41) is 13.0. The lowest BCUT2D eigenvalue weighted by molar-refractivity contribution is 0.0696. The Kier molecular flexibility index (Phi) is 3.65. The van der Waals surface area contributed by atoms with E-state index in [4.69, 9.17) is 9.63 Å². The van der Waals surface area contributed by atoms with E-state index < -0.39 is 11.8 Å². The minimum atomic E-state index is -1.03. The van der Waals surface area contributed by atoms with Crippen molar-refractivity contribution >= 4 is 5.97 Å². The molecule has 0 aliphatic rings. The van der Waals surface area contributed by atoms with E-state index >= 15 is 0 Å². The lowest BCUT2D eigenvalue weighted by atomic mass is 10.0. The number of carboxylic acids is 1. The lowest BCUT2D eigenvalue weighted by Gasteiger charge is -2.02. The van der Waals surface area contributed by atoms with Crippen molar-refractivity contribution in [1.82, 2.24) is 10.1 Å². The second kappa shape index (κ2) is 5.64. The molecule has 0 fully saturated rings. The molecule has 3 aromatic rings. The first-order valence-electron chi connectivity index (χ1n) is 6.90. The van der Waals surface area contributed by atoms with Crippen LogP contribution in [0.2, 0.25) is 0 Å². The molecule has 5 nitrogen and oxygen atoms in total. The standard InChI is InChI=1S/C17H13FN2O3/c1-9-3-6-12(14(18)7-9)16-19-15(20-23-16)11-5-4-10(2)13(8-11)17(21)22/h3-8H,1-2H3,(H,21,22). The number of benzene rings is 2. The average Bonchev–Trinajstić information content (AvgIpc) is 2.97. The van der Waals surface area contributed by atoms with Crippen LogP contribution in [0.25, 0.3) is 22.8 Å². The van der Waals surface area contributed by atoms with Crippen LogP contribution >= 0.6 is 0 Å². The van der Waals surface area contributed by atoms with Gasteiger partial charge in [-0.15, -0.1) is 0 Å². The Morgan fingerprint density at radius 3 is 2.65 bits per heavy atom. The van der Waals surface area contributed by atoms with Crippen molar-refractivity contribution in [3.05, 3.63) is 58.9 Å². The zero-order chi connectivity index (χ0) is 16.6. The van der Waals surface area contributed by atoms with Gasteiger partial charge in [0.2, 0.25) is 5.82 Å². The third kappa shape index (κ3) is 2.83.